The number of hydrogen-bond donors (Lipinski definition) is 0. The minimum Gasteiger partial charge on any atom is -0.314 e. The van der Waals surface area contributed by atoms with Crippen LogP contribution in [-0.4, -0.2) is 14.2 Å². The number of fused-ring (bicyclic) bond motifs is 1. The molecule has 0 aliphatic carbocycles. The van der Waals surface area contributed by atoms with Crippen molar-refractivity contribution in [2.45, 2.75) is 18.2 Å². The predicted octanol–water partition coefficient (Wildman–Crippen LogP) is 5.18. The molecule has 4 nitrogen and oxygen atoms in total. The third kappa shape index (κ3) is 3.41. The number of nitrogens with zero attached hydrogens (tertiary/aromatic N) is 1. The molecule has 0 aromatic heterocycles. The molecule has 1 aliphatic heterocycles. The van der Waals surface area contributed by atoms with Gasteiger partial charge < -0.3 is 4.90 Å². The van der Waals surface area contributed by atoms with E-state index in [1.54, 1.807) is 24.3 Å². The average molecular weight is 425 g/mol. The standard InChI is InChI=1S/C23H17F2NO3S/c1-2-15-3-5-16(6-4-15)23(27)22-14-26(19-10-7-17(24)8-11-19)20-12-9-18(25)13-21(20)30(22,28)29/h3-14H,2H2,1H3. The van der Waals surface area contributed by atoms with Gasteiger partial charge >= 0.3 is 0 Å². The Balaban J connectivity index is 1.89. The number of halogens is 2. The molecule has 1 heterocycles. The van der Waals surface area contributed by atoms with E-state index in [1.165, 1.54) is 41.4 Å². The molecule has 0 atom stereocenters. The van der Waals surface area contributed by atoms with E-state index >= 15 is 0 Å². The molecule has 3 aromatic rings. The van der Waals surface area contributed by atoms with Gasteiger partial charge in [-0.2, -0.15) is 0 Å². The molecule has 0 saturated heterocycles. The SMILES string of the molecule is CCc1ccc(C(=O)C2=CN(c3ccc(F)cc3)c3ccc(F)cc3S2(=O)=O)cc1. The molecule has 4 rings (SSSR count). The lowest BCUT2D eigenvalue weighted by molar-refractivity contribution is 0.104. The average Bonchev–Trinajstić information content (AvgIpc) is 2.74. The number of ketones is 1. The number of hydrogen-bond acceptors (Lipinski definition) is 4. The van der Waals surface area contributed by atoms with E-state index in [0.717, 1.165) is 24.1 Å². The van der Waals surface area contributed by atoms with Crippen LogP contribution in [0.4, 0.5) is 20.2 Å². The fourth-order valence-electron chi connectivity index (χ4n) is 3.31. The number of carbonyl (C=O) groups is 1. The van der Waals surface area contributed by atoms with Crippen LogP contribution in [0, 0.1) is 11.6 Å². The smallest absolute Gasteiger partial charge is 0.214 e. The zero-order valence-corrected chi connectivity index (χ0v) is 16.8. The molecule has 0 bridgehead atoms. The predicted molar refractivity (Wildman–Crippen MR) is 110 cm³/mol. The van der Waals surface area contributed by atoms with Crippen molar-refractivity contribution >= 4 is 27.0 Å². The van der Waals surface area contributed by atoms with E-state index in [9.17, 15) is 22.0 Å². The van der Waals surface area contributed by atoms with Crippen LogP contribution < -0.4 is 4.90 Å². The monoisotopic (exact) mass is 425 g/mol. The Bertz CT molecular complexity index is 1260. The van der Waals surface area contributed by atoms with E-state index in [1.807, 2.05) is 6.92 Å². The number of carbonyl (C=O) groups excluding carboxylic acids is 1. The first-order valence-corrected chi connectivity index (χ1v) is 10.7. The van der Waals surface area contributed by atoms with Crippen molar-refractivity contribution in [3.8, 4) is 0 Å². The van der Waals surface area contributed by atoms with Gasteiger partial charge in [-0.15, -0.1) is 0 Å². The number of rotatable bonds is 4. The lowest BCUT2D eigenvalue weighted by Crippen LogP contribution is -2.26. The summed E-state index contributed by atoms with van der Waals surface area (Å²) >= 11 is 0. The third-order valence-electron chi connectivity index (χ3n) is 4.96. The number of Topliss-reactive ketones (excluding diaryl/α,β-unsaturated/α-hetero) is 1. The van der Waals surface area contributed by atoms with E-state index in [-0.39, 0.29) is 16.1 Å². The maximum absolute atomic E-state index is 13.9. The summed E-state index contributed by atoms with van der Waals surface area (Å²) in [5.41, 5.74) is 1.83. The van der Waals surface area contributed by atoms with E-state index in [0.29, 0.717) is 5.69 Å². The summed E-state index contributed by atoms with van der Waals surface area (Å²) in [6.07, 6.45) is 1.99. The van der Waals surface area contributed by atoms with Crippen molar-refractivity contribution in [1.29, 1.82) is 0 Å². The van der Waals surface area contributed by atoms with Gasteiger partial charge in [0.2, 0.25) is 15.6 Å². The highest BCUT2D eigenvalue weighted by atomic mass is 32.2. The van der Waals surface area contributed by atoms with Crippen LogP contribution >= 0.6 is 0 Å². The molecule has 152 valence electrons. The Hall–Kier alpha value is -3.32. The van der Waals surface area contributed by atoms with E-state index < -0.39 is 32.2 Å². The van der Waals surface area contributed by atoms with Crippen LogP contribution in [0.25, 0.3) is 0 Å². The third-order valence-corrected chi connectivity index (χ3v) is 6.74. The molecule has 0 unspecified atom stereocenters. The lowest BCUT2D eigenvalue weighted by atomic mass is 10.1. The molecular formula is C23H17F2NO3S. The van der Waals surface area contributed by atoms with Crippen LogP contribution in [0.2, 0.25) is 0 Å². The highest BCUT2D eigenvalue weighted by Gasteiger charge is 2.36. The maximum atomic E-state index is 13.9. The van der Waals surface area contributed by atoms with E-state index in [2.05, 4.69) is 0 Å². The Kier molecular flexibility index (Phi) is 4.99. The summed E-state index contributed by atoms with van der Waals surface area (Å²) < 4.78 is 53.7. The van der Waals surface area contributed by atoms with Crippen LogP contribution in [-0.2, 0) is 16.3 Å². The van der Waals surface area contributed by atoms with Crippen molar-refractivity contribution in [2.24, 2.45) is 0 Å². The normalized spacial score (nSPS) is 14.8. The minimum atomic E-state index is -4.26. The summed E-state index contributed by atoms with van der Waals surface area (Å²) in [7, 11) is -4.26. The second-order valence-electron chi connectivity index (χ2n) is 6.83. The van der Waals surface area contributed by atoms with Crippen LogP contribution in [0.15, 0.2) is 82.7 Å². The lowest BCUT2D eigenvalue weighted by Gasteiger charge is -2.29. The quantitative estimate of drug-likeness (QED) is 0.541. The number of aryl methyl sites for hydroxylation is 1. The fourth-order valence-corrected chi connectivity index (χ4v) is 4.86. The zero-order chi connectivity index (χ0) is 21.5. The molecule has 0 radical (unpaired) electrons. The van der Waals surface area contributed by atoms with Crippen molar-refractivity contribution < 1.29 is 22.0 Å². The molecule has 3 aromatic carbocycles. The molecule has 7 heteroatoms. The fraction of sp³-hybridized carbons (Fsp3) is 0.0870. The van der Waals surface area contributed by atoms with Gasteiger partial charge in [0, 0.05) is 17.5 Å². The Morgan fingerprint density at radius 2 is 1.53 bits per heavy atom. The number of benzene rings is 3. The van der Waals surface area contributed by atoms with Gasteiger partial charge in [0.25, 0.3) is 0 Å². The first-order chi connectivity index (χ1) is 14.3. The Labute approximate surface area is 173 Å². The van der Waals surface area contributed by atoms with Crippen LogP contribution in [0.5, 0.6) is 0 Å². The van der Waals surface area contributed by atoms with Gasteiger partial charge in [0.1, 0.15) is 16.5 Å². The largest absolute Gasteiger partial charge is 0.314 e. The zero-order valence-electron chi connectivity index (χ0n) is 16.0. The second-order valence-corrected chi connectivity index (χ2v) is 8.72. The summed E-state index contributed by atoms with van der Waals surface area (Å²) in [6, 6.07) is 15.4. The first-order valence-electron chi connectivity index (χ1n) is 9.26. The van der Waals surface area contributed by atoms with Gasteiger partial charge in [0.15, 0.2) is 0 Å². The van der Waals surface area contributed by atoms with Gasteiger partial charge in [-0.25, -0.2) is 17.2 Å². The molecule has 0 saturated carbocycles. The number of sulfone groups is 1. The van der Waals surface area contributed by atoms with Crippen molar-refractivity contribution in [3.05, 3.63) is 101 Å². The molecular weight excluding hydrogens is 408 g/mol. The molecule has 0 spiro atoms. The summed E-state index contributed by atoms with van der Waals surface area (Å²) in [4.78, 5) is 13.8. The van der Waals surface area contributed by atoms with Gasteiger partial charge in [-0.05, 0) is 54.4 Å². The van der Waals surface area contributed by atoms with Gasteiger partial charge in [-0.1, -0.05) is 31.2 Å². The van der Waals surface area contributed by atoms with Crippen LogP contribution in [0.1, 0.15) is 22.8 Å². The topological polar surface area (TPSA) is 54.5 Å². The highest BCUT2D eigenvalue weighted by Crippen LogP contribution is 2.40. The molecule has 30 heavy (non-hydrogen) atoms. The van der Waals surface area contributed by atoms with Crippen molar-refractivity contribution in [2.75, 3.05) is 4.90 Å². The van der Waals surface area contributed by atoms with E-state index in [4.69, 9.17) is 0 Å². The second kappa shape index (κ2) is 7.50. The first kappa shape index (κ1) is 20.0. The Morgan fingerprint density at radius 1 is 0.900 bits per heavy atom. The Morgan fingerprint density at radius 3 is 2.17 bits per heavy atom. The highest BCUT2D eigenvalue weighted by molar-refractivity contribution is 7.96. The maximum Gasteiger partial charge on any atom is 0.214 e. The summed E-state index contributed by atoms with van der Waals surface area (Å²) in [6.45, 7) is 1.97. The van der Waals surface area contributed by atoms with Crippen molar-refractivity contribution in [1.82, 2.24) is 0 Å². The molecule has 0 fully saturated rings. The van der Waals surface area contributed by atoms with Gasteiger partial charge in [-0.3, -0.25) is 4.79 Å². The van der Waals surface area contributed by atoms with Crippen molar-refractivity contribution in [3.63, 3.8) is 0 Å². The van der Waals surface area contributed by atoms with Gasteiger partial charge in [0.05, 0.1) is 10.6 Å². The summed E-state index contributed by atoms with van der Waals surface area (Å²) in [5, 5.41) is 0. The summed E-state index contributed by atoms with van der Waals surface area (Å²) in [5.74, 6) is -1.89. The minimum absolute atomic E-state index is 0.181. The number of allylic oxidation sites excluding steroid dienone is 1. The molecule has 0 amide bonds. The van der Waals surface area contributed by atoms with Crippen LogP contribution in [0.3, 0.4) is 0 Å². The molecule has 0 N–H and O–H groups in total. The number of anilines is 2. The molecule has 1 aliphatic rings.